The predicted octanol–water partition coefficient (Wildman–Crippen LogP) is 7.34. The molecule has 188 valence electrons. The zero-order valence-corrected chi connectivity index (χ0v) is 22.8. The molecule has 3 fully saturated rings. The van der Waals surface area contributed by atoms with Crippen molar-refractivity contribution in [3.63, 3.8) is 0 Å². The summed E-state index contributed by atoms with van der Waals surface area (Å²) in [6, 6.07) is 7.55. The molecule has 2 aliphatic heterocycles. The summed E-state index contributed by atoms with van der Waals surface area (Å²) >= 11 is 0. The van der Waals surface area contributed by atoms with Gasteiger partial charge in [-0.25, -0.2) is 0 Å². The minimum atomic E-state index is 0. The van der Waals surface area contributed by atoms with Gasteiger partial charge in [-0.1, -0.05) is 34.1 Å². The molecule has 0 N–H and O–H groups in total. The molecule has 1 aliphatic carbocycles. The molecule has 0 radical (unpaired) electrons. The average Bonchev–Trinajstić information content (AvgIpc) is 2.83. The van der Waals surface area contributed by atoms with Gasteiger partial charge in [0.2, 0.25) is 0 Å². The van der Waals surface area contributed by atoms with Crippen molar-refractivity contribution >= 4 is 23.8 Å². The summed E-state index contributed by atoms with van der Waals surface area (Å²) < 4.78 is 0. The summed E-state index contributed by atoms with van der Waals surface area (Å²) in [5.74, 6) is 1.63. The Morgan fingerprint density at radius 1 is 0.818 bits per heavy atom. The Labute approximate surface area is 210 Å². The van der Waals surface area contributed by atoms with Gasteiger partial charge in [0.05, 0.1) is 0 Å². The molecule has 0 aromatic heterocycles. The van der Waals surface area contributed by atoms with Crippen molar-refractivity contribution in [2.75, 3.05) is 55.6 Å². The van der Waals surface area contributed by atoms with Crippen molar-refractivity contribution in [2.45, 2.75) is 91.4 Å². The minimum absolute atomic E-state index is 0. The van der Waals surface area contributed by atoms with Crippen molar-refractivity contribution in [3.05, 3.63) is 23.8 Å². The van der Waals surface area contributed by atoms with E-state index >= 15 is 0 Å². The number of benzene rings is 1. The molecule has 1 saturated carbocycles. The Bertz CT molecular complexity index is 706. The maximum absolute atomic E-state index is 2.72. The summed E-state index contributed by atoms with van der Waals surface area (Å²) in [6.07, 6.45) is 12.3. The predicted molar refractivity (Wildman–Crippen MR) is 147 cm³/mol. The van der Waals surface area contributed by atoms with E-state index in [0.29, 0.717) is 5.41 Å². The lowest BCUT2D eigenvalue weighted by Crippen LogP contribution is -2.47. The first-order chi connectivity index (χ1) is 15.5. The Balaban J connectivity index is 0.00000306. The van der Waals surface area contributed by atoms with Crippen LogP contribution in [0.4, 0.5) is 11.4 Å². The van der Waals surface area contributed by atoms with E-state index in [2.05, 4.69) is 60.6 Å². The molecular weight excluding hydrogens is 426 g/mol. The fourth-order valence-corrected chi connectivity index (χ4v) is 6.37. The van der Waals surface area contributed by atoms with E-state index < -0.39 is 0 Å². The van der Waals surface area contributed by atoms with Crippen LogP contribution in [0.3, 0.4) is 0 Å². The van der Waals surface area contributed by atoms with Gasteiger partial charge in [-0.05, 0) is 98.9 Å². The fraction of sp³-hybridized carbons (Fsp3) is 0.793. The molecule has 2 saturated heterocycles. The number of anilines is 2. The SMILES string of the molecule is CCCCN1CCN(c2ccc(N3CCCCC3)cc2C2CCC(C(C)(C)C)CC2)CC1.Cl. The van der Waals surface area contributed by atoms with Crippen LogP contribution in [0.2, 0.25) is 0 Å². The van der Waals surface area contributed by atoms with Crippen molar-refractivity contribution < 1.29 is 0 Å². The fourth-order valence-electron chi connectivity index (χ4n) is 6.37. The number of hydrogen-bond donors (Lipinski definition) is 0. The van der Waals surface area contributed by atoms with E-state index in [1.165, 1.54) is 109 Å². The molecule has 2 heterocycles. The zero-order chi connectivity index (χ0) is 22.6. The number of piperazine rings is 1. The van der Waals surface area contributed by atoms with Crippen molar-refractivity contribution in [1.29, 1.82) is 0 Å². The first kappa shape index (κ1) is 26.7. The van der Waals surface area contributed by atoms with Crippen LogP contribution in [0.1, 0.15) is 97.0 Å². The topological polar surface area (TPSA) is 9.72 Å². The van der Waals surface area contributed by atoms with Gasteiger partial charge in [-0.3, -0.25) is 4.90 Å². The normalized spacial score (nSPS) is 25.1. The number of piperidine rings is 1. The van der Waals surface area contributed by atoms with Gasteiger partial charge >= 0.3 is 0 Å². The summed E-state index contributed by atoms with van der Waals surface area (Å²) in [5, 5.41) is 0. The third-order valence-corrected chi connectivity index (χ3v) is 8.66. The third-order valence-electron chi connectivity index (χ3n) is 8.66. The second kappa shape index (κ2) is 12.2. The zero-order valence-electron chi connectivity index (χ0n) is 22.0. The Kier molecular flexibility index (Phi) is 9.83. The monoisotopic (exact) mass is 475 g/mol. The highest BCUT2D eigenvalue weighted by atomic mass is 35.5. The lowest BCUT2D eigenvalue weighted by molar-refractivity contribution is 0.169. The number of nitrogens with zero attached hydrogens (tertiary/aromatic N) is 3. The summed E-state index contributed by atoms with van der Waals surface area (Å²) in [5.41, 5.74) is 5.17. The van der Waals surface area contributed by atoms with Crippen molar-refractivity contribution in [1.82, 2.24) is 4.90 Å². The van der Waals surface area contributed by atoms with Gasteiger partial charge in [0.1, 0.15) is 0 Å². The standard InChI is InChI=1S/C29H49N3.ClH/c1-5-6-16-30-19-21-32(22-20-30)28-15-14-26(31-17-8-7-9-18-31)23-27(28)24-10-12-25(13-11-24)29(2,3)4;/h14-15,23-25H,5-13,16-22H2,1-4H3;1H. The van der Waals surface area contributed by atoms with E-state index in [0.717, 1.165) is 11.8 Å². The molecule has 0 bridgehead atoms. The lowest BCUT2D eigenvalue weighted by atomic mass is 9.68. The second-order valence-corrected chi connectivity index (χ2v) is 11.9. The minimum Gasteiger partial charge on any atom is -0.372 e. The smallest absolute Gasteiger partial charge is 0.0404 e. The molecule has 0 spiro atoms. The Hall–Kier alpha value is -0.930. The van der Waals surface area contributed by atoms with Crippen LogP contribution in [0, 0.1) is 11.3 Å². The molecule has 0 atom stereocenters. The molecule has 3 nitrogen and oxygen atoms in total. The molecule has 1 aromatic rings. The number of halogens is 1. The second-order valence-electron chi connectivity index (χ2n) is 11.9. The molecule has 33 heavy (non-hydrogen) atoms. The molecular formula is C29H50ClN3. The first-order valence-electron chi connectivity index (χ1n) is 13.8. The van der Waals surface area contributed by atoms with Crippen LogP contribution in [0.25, 0.3) is 0 Å². The maximum Gasteiger partial charge on any atom is 0.0404 e. The highest BCUT2D eigenvalue weighted by molar-refractivity contribution is 5.85. The van der Waals surface area contributed by atoms with Gasteiger partial charge in [0, 0.05) is 50.6 Å². The van der Waals surface area contributed by atoms with Crippen molar-refractivity contribution in [2.24, 2.45) is 11.3 Å². The van der Waals surface area contributed by atoms with E-state index in [1.54, 1.807) is 11.3 Å². The van der Waals surface area contributed by atoms with Crippen LogP contribution in [0.15, 0.2) is 18.2 Å². The van der Waals surface area contributed by atoms with Crippen LogP contribution in [-0.4, -0.2) is 50.7 Å². The highest BCUT2D eigenvalue weighted by Gasteiger charge is 2.32. The number of rotatable bonds is 6. The van der Waals surface area contributed by atoms with Gasteiger partial charge in [0.25, 0.3) is 0 Å². The van der Waals surface area contributed by atoms with Gasteiger partial charge in [-0.15, -0.1) is 12.4 Å². The Morgan fingerprint density at radius 2 is 1.48 bits per heavy atom. The molecule has 1 aromatic carbocycles. The first-order valence-corrected chi connectivity index (χ1v) is 13.8. The average molecular weight is 476 g/mol. The summed E-state index contributed by atoms with van der Waals surface area (Å²) in [4.78, 5) is 8.05. The highest BCUT2D eigenvalue weighted by Crippen LogP contribution is 2.46. The third kappa shape index (κ3) is 6.82. The van der Waals surface area contributed by atoms with E-state index in [9.17, 15) is 0 Å². The molecule has 0 amide bonds. The van der Waals surface area contributed by atoms with Gasteiger partial charge < -0.3 is 9.80 Å². The molecule has 0 unspecified atom stereocenters. The maximum atomic E-state index is 2.72. The van der Waals surface area contributed by atoms with Crippen LogP contribution < -0.4 is 9.80 Å². The van der Waals surface area contributed by atoms with Gasteiger partial charge in [-0.2, -0.15) is 0 Å². The number of unbranched alkanes of at least 4 members (excludes halogenated alkanes) is 1. The Morgan fingerprint density at radius 3 is 2.09 bits per heavy atom. The quantitative estimate of drug-likeness (QED) is 0.426. The van der Waals surface area contributed by atoms with Gasteiger partial charge in [0.15, 0.2) is 0 Å². The molecule has 4 heteroatoms. The number of hydrogen-bond acceptors (Lipinski definition) is 3. The molecule has 3 aliphatic rings. The summed E-state index contributed by atoms with van der Waals surface area (Å²) in [7, 11) is 0. The van der Waals surface area contributed by atoms with Crippen LogP contribution in [0.5, 0.6) is 0 Å². The molecule has 4 rings (SSSR count). The van der Waals surface area contributed by atoms with E-state index in [1.807, 2.05) is 0 Å². The van der Waals surface area contributed by atoms with Crippen LogP contribution in [-0.2, 0) is 0 Å². The largest absolute Gasteiger partial charge is 0.372 e. The van der Waals surface area contributed by atoms with Crippen molar-refractivity contribution in [3.8, 4) is 0 Å². The lowest BCUT2D eigenvalue weighted by Gasteiger charge is -2.41. The van der Waals surface area contributed by atoms with E-state index in [4.69, 9.17) is 0 Å². The van der Waals surface area contributed by atoms with E-state index in [-0.39, 0.29) is 12.4 Å². The van der Waals surface area contributed by atoms with Crippen LogP contribution >= 0.6 is 12.4 Å². The summed E-state index contributed by atoms with van der Waals surface area (Å²) in [6.45, 7) is 18.2.